The fourth-order valence-corrected chi connectivity index (χ4v) is 3.01. The lowest BCUT2D eigenvalue weighted by Crippen LogP contribution is -1.93. The molecule has 4 rings (SSSR count). The maximum atomic E-state index is 5.31. The maximum absolute atomic E-state index is 5.31. The van der Waals surface area contributed by atoms with E-state index in [2.05, 4.69) is 59.9 Å². The summed E-state index contributed by atoms with van der Waals surface area (Å²) in [6.45, 7) is 0. The van der Waals surface area contributed by atoms with E-state index in [1.54, 1.807) is 7.11 Å². The Morgan fingerprint density at radius 3 is 2.26 bits per heavy atom. The van der Waals surface area contributed by atoms with Crippen molar-refractivity contribution in [1.82, 2.24) is 0 Å². The smallest absolute Gasteiger partial charge is 0.120 e. The van der Waals surface area contributed by atoms with Gasteiger partial charge in [0.1, 0.15) is 5.75 Å². The van der Waals surface area contributed by atoms with E-state index in [0.29, 0.717) is 0 Å². The minimum absolute atomic E-state index is 0.847. The van der Waals surface area contributed by atoms with Gasteiger partial charge in [0.2, 0.25) is 0 Å². The second-order valence-electron chi connectivity index (χ2n) is 5.55. The van der Waals surface area contributed by atoms with Crippen molar-refractivity contribution in [3.05, 3.63) is 78.9 Å². The number of hydrogen-bond acceptors (Lipinski definition) is 2. The van der Waals surface area contributed by atoms with Crippen LogP contribution in [-0.4, -0.2) is 7.11 Å². The van der Waals surface area contributed by atoms with E-state index in [4.69, 9.17) is 4.74 Å². The molecule has 0 aliphatic heterocycles. The maximum Gasteiger partial charge on any atom is 0.120 e. The molecule has 0 spiro atoms. The van der Waals surface area contributed by atoms with E-state index < -0.39 is 0 Å². The number of hydrogen-bond donors (Lipinski definition) is 1. The van der Waals surface area contributed by atoms with Gasteiger partial charge in [0, 0.05) is 22.8 Å². The minimum Gasteiger partial charge on any atom is -0.497 e. The summed E-state index contributed by atoms with van der Waals surface area (Å²) in [7, 11) is 1.69. The highest BCUT2D eigenvalue weighted by Crippen LogP contribution is 2.33. The molecular formula is C21H17NO. The van der Waals surface area contributed by atoms with Crippen molar-refractivity contribution in [1.29, 1.82) is 0 Å². The fourth-order valence-electron chi connectivity index (χ4n) is 3.01. The van der Waals surface area contributed by atoms with Crippen LogP contribution in [-0.2, 0) is 0 Å². The Kier molecular flexibility index (Phi) is 3.35. The van der Waals surface area contributed by atoms with E-state index in [0.717, 1.165) is 17.1 Å². The third-order valence-corrected chi connectivity index (χ3v) is 4.12. The van der Waals surface area contributed by atoms with E-state index >= 15 is 0 Å². The van der Waals surface area contributed by atoms with Gasteiger partial charge in [0.15, 0.2) is 0 Å². The van der Waals surface area contributed by atoms with Gasteiger partial charge in [-0.3, -0.25) is 0 Å². The number of methoxy groups -OCH3 is 1. The molecule has 1 N–H and O–H groups in total. The van der Waals surface area contributed by atoms with Crippen LogP contribution in [0.4, 0.5) is 11.4 Å². The van der Waals surface area contributed by atoms with Crippen LogP contribution in [0.25, 0.3) is 21.5 Å². The molecule has 0 aromatic heterocycles. The first-order valence-electron chi connectivity index (χ1n) is 7.67. The number of rotatable bonds is 3. The molecule has 0 radical (unpaired) electrons. The average molecular weight is 299 g/mol. The van der Waals surface area contributed by atoms with Gasteiger partial charge in [0.25, 0.3) is 0 Å². The van der Waals surface area contributed by atoms with Gasteiger partial charge in [-0.1, -0.05) is 54.6 Å². The fraction of sp³-hybridized carbons (Fsp3) is 0.0476. The highest BCUT2D eigenvalue weighted by Gasteiger charge is 2.06. The van der Waals surface area contributed by atoms with Gasteiger partial charge < -0.3 is 10.1 Å². The lowest BCUT2D eigenvalue weighted by Gasteiger charge is -2.13. The first-order chi connectivity index (χ1) is 11.3. The number of nitrogens with one attached hydrogen (secondary N) is 1. The molecule has 2 nitrogen and oxygen atoms in total. The van der Waals surface area contributed by atoms with Crippen molar-refractivity contribution in [2.75, 3.05) is 12.4 Å². The summed E-state index contributed by atoms with van der Waals surface area (Å²) < 4.78 is 5.31. The van der Waals surface area contributed by atoms with Crippen molar-refractivity contribution >= 4 is 32.9 Å². The zero-order chi connectivity index (χ0) is 15.6. The highest BCUT2D eigenvalue weighted by molar-refractivity contribution is 6.13. The summed E-state index contributed by atoms with van der Waals surface area (Å²) in [5.41, 5.74) is 2.12. The summed E-state index contributed by atoms with van der Waals surface area (Å²) in [6.07, 6.45) is 0. The topological polar surface area (TPSA) is 21.3 Å². The van der Waals surface area contributed by atoms with Crippen LogP contribution in [0, 0.1) is 0 Å². The van der Waals surface area contributed by atoms with Crippen LogP contribution in [0.3, 0.4) is 0 Å². The molecular weight excluding hydrogens is 282 g/mol. The van der Waals surface area contributed by atoms with E-state index in [-0.39, 0.29) is 0 Å². The van der Waals surface area contributed by atoms with Gasteiger partial charge in [-0.25, -0.2) is 0 Å². The first kappa shape index (κ1) is 13.6. The lowest BCUT2D eigenvalue weighted by atomic mass is 10.00. The molecule has 0 heterocycles. The third-order valence-electron chi connectivity index (χ3n) is 4.12. The van der Waals surface area contributed by atoms with Crippen molar-refractivity contribution < 1.29 is 4.74 Å². The van der Waals surface area contributed by atoms with Crippen molar-refractivity contribution in [2.24, 2.45) is 0 Å². The molecule has 0 fully saturated rings. The molecule has 0 aliphatic rings. The molecule has 0 amide bonds. The van der Waals surface area contributed by atoms with Crippen LogP contribution in [0.15, 0.2) is 78.9 Å². The molecule has 0 saturated heterocycles. The van der Waals surface area contributed by atoms with E-state index in [9.17, 15) is 0 Å². The quantitative estimate of drug-likeness (QED) is 0.487. The van der Waals surface area contributed by atoms with E-state index in [1.165, 1.54) is 21.5 Å². The van der Waals surface area contributed by atoms with Gasteiger partial charge in [-0.2, -0.15) is 0 Å². The van der Waals surface area contributed by atoms with Crippen molar-refractivity contribution in [2.45, 2.75) is 0 Å². The summed E-state index contributed by atoms with van der Waals surface area (Å²) in [6, 6.07) is 27.2. The van der Waals surface area contributed by atoms with E-state index in [1.807, 2.05) is 24.3 Å². The predicted molar refractivity (Wildman–Crippen MR) is 97.7 cm³/mol. The van der Waals surface area contributed by atoms with Crippen LogP contribution < -0.4 is 10.1 Å². The average Bonchev–Trinajstić information content (AvgIpc) is 2.62. The van der Waals surface area contributed by atoms with Crippen LogP contribution >= 0.6 is 0 Å². The van der Waals surface area contributed by atoms with Crippen LogP contribution in [0.1, 0.15) is 0 Å². The Morgan fingerprint density at radius 2 is 1.43 bits per heavy atom. The molecule has 0 atom stereocenters. The second kappa shape index (κ2) is 5.65. The molecule has 0 aliphatic carbocycles. The van der Waals surface area contributed by atoms with Gasteiger partial charge in [-0.05, 0) is 34.4 Å². The minimum atomic E-state index is 0.847. The monoisotopic (exact) mass is 299 g/mol. The third kappa shape index (κ3) is 2.49. The Morgan fingerprint density at radius 1 is 0.696 bits per heavy atom. The Hall–Kier alpha value is -3.00. The number of ether oxygens (including phenoxy) is 1. The number of fused-ring (bicyclic) bond motifs is 3. The molecule has 4 aromatic carbocycles. The van der Waals surface area contributed by atoms with Gasteiger partial charge >= 0.3 is 0 Å². The zero-order valence-electron chi connectivity index (χ0n) is 12.9. The second-order valence-corrected chi connectivity index (χ2v) is 5.55. The summed E-state index contributed by atoms with van der Waals surface area (Å²) in [4.78, 5) is 0. The molecule has 0 bridgehead atoms. The van der Waals surface area contributed by atoms with Crippen LogP contribution in [0.5, 0.6) is 5.75 Å². The molecule has 23 heavy (non-hydrogen) atoms. The zero-order valence-corrected chi connectivity index (χ0v) is 12.9. The Labute approximate surface area is 135 Å². The Bertz CT molecular complexity index is 991. The summed E-state index contributed by atoms with van der Waals surface area (Å²) in [5.74, 6) is 0.847. The number of anilines is 2. The van der Waals surface area contributed by atoms with Gasteiger partial charge in [0.05, 0.1) is 7.11 Å². The summed E-state index contributed by atoms with van der Waals surface area (Å²) in [5, 5.41) is 8.52. The van der Waals surface area contributed by atoms with Crippen molar-refractivity contribution in [3.8, 4) is 5.75 Å². The van der Waals surface area contributed by atoms with Gasteiger partial charge in [-0.15, -0.1) is 0 Å². The normalized spacial score (nSPS) is 10.8. The predicted octanol–water partition coefficient (Wildman–Crippen LogP) is 5.75. The summed E-state index contributed by atoms with van der Waals surface area (Å²) >= 11 is 0. The molecule has 0 unspecified atom stereocenters. The Balaban J connectivity index is 1.90. The van der Waals surface area contributed by atoms with Crippen molar-refractivity contribution in [3.63, 3.8) is 0 Å². The molecule has 112 valence electrons. The van der Waals surface area contributed by atoms with Crippen LogP contribution in [0.2, 0.25) is 0 Å². The standard InChI is InChI=1S/C21H17NO/c1-23-17-9-6-8-16(14-17)22-21-13-15-7-2-3-10-18(15)19-11-4-5-12-20(19)21/h2-14,22H,1H3. The largest absolute Gasteiger partial charge is 0.497 e. The lowest BCUT2D eigenvalue weighted by molar-refractivity contribution is 0.415. The number of benzene rings is 4. The molecule has 4 aromatic rings. The SMILES string of the molecule is COc1cccc(Nc2cc3ccccc3c3ccccc23)c1. The molecule has 0 saturated carbocycles. The molecule has 2 heteroatoms. The first-order valence-corrected chi connectivity index (χ1v) is 7.67. The highest BCUT2D eigenvalue weighted by atomic mass is 16.5.